The van der Waals surface area contributed by atoms with Crippen LogP contribution in [0.5, 0.6) is 5.75 Å². The molecule has 2 aliphatic rings. The molecule has 3 heterocycles. The average molecular weight is 420 g/mol. The Morgan fingerprint density at radius 2 is 2.00 bits per heavy atom. The molecule has 0 amide bonds. The molecule has 1 saturated heterocycles. The number of piperazine rings is 1. The highest BCUT2D eigenvalue weighted by atomic mass is 19.3. The van der Waals surface area contributed by atoms with Crippen molar-refractivity contribution in [2.75, 3.05) is 39.4 Å². The highest BCUT2D eigenvalue weighted by Gasteiger charge is 2.27. The smallest absolute Gasteiger partial charge is 0.341 e. The molecule has 1 aromatic heterocycles. The molecule has 0 spiro atoms. The summed E-state index contributed by atoms with van der Waals surface area (Å²) in [5.74, 6) is 0.225. The van der Waals surface area contributed by atoms with Gasteiger partial charge in [-0.2, -0.15) is 5.10 Å². The van der Waals surface area contributed by atoms with E-state index in [1.807, 2.05) is 6.07 Å². The predicted octanol–water partition coefficient (Wildman–Crippen LogP) is 2.71. The number of aromatic nitrogens is 2. The summed E-state index contributed by atoms with van der Waals surface area (Å²) in [7, 11) is 0. The van der Waals surface area contributed by atoms with Crippen LogP contribution >= 0.6 is 0 Å². The number of nitrogens with zero attached hydrogens (tertiary/aromatic N) is 4. The highest BCUT2D eigenvalue weighted by Crippen LogP contribution is 2.27. The number of rotatable bonds is 7. The van der Waals surface area contributed by atoms with Crippen molar-refractivity contribution in [2.24, 2.45) is 0 Å². The van der Waals surface area contributed by atoms with E-state index >= 15 is 0 Å². The Morgan fingerprint density at radius 3 is 2.73 bits per heavy atom. The van der Waals surface area contributed by atoms with Gasteiger partial charge in [-0.25, -0.2) is 18.3 Å². The number of fused-ring (bicyclic) bond motifs is 1. The van der Waals surface area contributed by atoms with E-state index in [1.54, 1.807) is 6.92 Å². The topological polar surface area (TPSA) is 59.8 Å². The molecule has 2 aromatic rings. The second kappa shape index (κ2) is 9.09. The summed E-state index contributed by atoms with van der Waals surface area (Å²) < 4.78 is 38.8. The van der Waals surface area contributed by atoms with Crippen molar-refractivity contribution in [1.29, 1.82) is 0 Å². The summed E-state index contributed by atoms with van der Waals surface area (Å²) in [6, 6.07) is 6.36. The summed E-state index contributed by atoms with van der Waals surface area (Å²) in [5.41, 5.74) is 1.99. The molecule has 1 aromatic carbocycles. The maximum Gasteiger partial charge on any atom is 0.341 e. The van der Waals surface area contributed by atoms with Gasteiger partial charge in [0.25, 0.3) is 6.43 Å². The minimum absolute atomic E-state index is 0.131. The zero-order chi connectivity index (χ0) is 21.1. The fourth-order valence-corrected chi connectivity index (χ4v) is 3.98. The van der Waals surface area contributed by atoms with Gasteiger partial charge < -0.3 is 9.47 Å². The van der Waals surface area contributed by atoms with Crippen LogP contribution in [0.4, 0.5) is 8.78 Å². The zero-order valence-corrected chi connectivity index (χ0v) is 17.0. The quantitative estimate of drug-likeness (QED) is 0.642. The van der Waals surface area contributed by atoms with E-state index < -0.39 is 12.4 Å². The van der Waals surface area contributed by atoms with Crippen molar-refractivity contribution in [3.63, 3.8) is 0 Å². The van der Waals surface area contributed by atoms with E-state index in [0.717, 1.165) is 51.5 Å². The van der Waals surface area contributed by atoms with Crippen LogP contribution in [0.1, 0.15) is 40.5 Å². The molecule has 0 bridgehead atoms. The van der Waals surface area contributed by atoms with Gasteiger partial charge in [0.15, 0.2) is 0 Å². The first-order valence-corrected chi connectivity index (χ1v) is 10.3. The summed E-state index contributed by atoms with van der Waals surface area (Å²) in [5, 5.41) is 4.02. The lowest BCUT2D eigenvalue weighted by molar-refractivity contribution is 0.0509. The van der Waals surface area contributed by atoms with E-state index in [4.69, 9.17) is 9.47 Å². The van der Waals surface area contributed by atoms with Gasteiger partial charge in [0.05, 0.1) is 26.1 Å². The van der Waals surface area contributed by atoms with Gasteiger partial charge in [-0.1, -0.05) is 12.1 Å². The predicted molar refractivity (Wildman–Crippen MR) is 106 cm³/mol. The van der Waals surface area contributed by atoms with Crippen LogP contribution in [0, 0.1) is 0 Å². The normalized spacial score (nSPS) is 17.2. The monoisotopic (exact) mass is 420 g/mol. The van der Waals surface area contributed by atoms with E-state index in [2.05, 4.69) is 27.0 Å². The first-order valence-electron chi connectivity index (χ1n) is 10.3. The van der Waals surface area contributed by atoms with Crippen LogP contribution in [0.25, 0.3) is 0 Å². The molecule has 30 heavy (non-hydrogen) atoms. The van der Waals surface area contributed by atoms with E-state index in [0.29, 0.717) is 0 Å². The maximum absolute atomic E-state index is 13.6. The van der Waals surface area contributed by atoms with Crippen molar-refractivity contribution in [3.05, 3.63) is 46.8 Å². The molecule has 4 rings (SSSR count). The molecule has 9 heteroatoms. The lowest BCUT2D eigenvalue weighted by atomic mass is 10.1. The van der Waals surface area contributed by atoms with Crippen LogP contribution in [0.15, 0.2) is 24.4 Å². The highest BCUT2D eigenvalue weighted by molar-refractivity contribution is 5.90. The fraction of sp³-hybridized carbons (Fsp3) is 0.524. The second-order valence-corrected chi connectivity index (χ2v) is 7.54. The molecular weight excluding hydrogens is 394 g/mol. The maximum atomic E-state index is 13.6. The Hall–Kier alpha value is -2.52. The first kappa shape index (κ1) is 20.7. The molecule has 0 aliphatic carbocycles. The Balaban J connectivity index is 1.34. The van der Waals surface area contributed by atoms with Crippen molar-refractivity contribution >= 4 is 5.97 Å². The minimum atomic E-state index is -2.79. The largest absolute Gasteiger partial charge is 0.493 e. The van der Waals surface area contributed by atoms with E-state index in [1.165, 1.54) is 22.0 Å². The molecule has 7 nitrogen and oxygen atoms in total. The molecule has 0 N–H and O–H groups in total. The molecule has 162 valence electrons. The Labute approximate surface area is 174 Å². The molecule has 0 atom stereocenters. The number of alkyl halides is 2. The number of halogens is 2. The summed E-state index contributed by atoms with van der Waals surface area (Å²) in [6.45, 7) is 6.76. The van der Waals surface area contributed by atoms with Crippen molar-refractivity contribution in [1.82, 2.24) is 19.6 Å². The number of carbonyl (C=O) groups excluding carboxylic acids is 1. The first-order chi connectivity index (χ1) is 14.5. The molecule has 2 aliphatic heterocycles. The molecule has 0 radical (unpaired) electrons. The summed E-state index contributed by atoms with van der Waals surface area (Å²) in [6.07, 6.45) is -0.661. The van der Waals surface area contributed by atoms with Crippen LogP contribution in [-0.4, -0.2) is 64.9 Å². The summed E-state index contributed by atoms with van der Waals surface area (Å²) >= 11 is 0. The lowest BCUT2D eigenvalue weighted by Crippen LogP contribution is -2.46. The van der Waals surface area contributed by atoms with Crippen LogP contribution < -0.4 is 4.74 Å². The van der Waals surface area contributed by atoms with Gasteiger partial charge in [-0.15, -0.1) is 0 Å². The van der Waals surface area contributed by atoms with Gasteiger partial charge in [0.2, 0.25) is 0 Å². The number of benzene rings is 1. The molecule has 0 unspecified atom stereocenters. The standard InChI is InChI=1S/C21H26F2N4O3/c1-2-29-21(28)17-12-24-27(19(17)20(22)23)14-26-8-6-25(7-9-26)13-15-3-4-18-16(11-15)5-10-30-18/h3-4,11-12,20H,2,5-10,13-14H2,1H3. The number of hydrogen-bond acceptors (Lipinski definition) is 6. The molecule has 1 fully saturated rings. The van der Waals surface area contributed by atoms with Gasteiger partial charge in [-0.05, 0) is 24.1 Å². The van der Waals surface area contributed by atoms with Gasteiger partial charge in [0, 0.05) is 39.1 Å². The van der Waals surface area contributed by atoms with Crippen molar-refractivity contribution < 1.29 is 23.0 Å². The van der Waals surface area contributed by atoms with Crippen LogP contribution in [0.3, 0.4) is 0 Å². The third kappa shape index (κ3) is 4.46. The zero-order valence-electron chi connectivity index (χ0n) is 17.0. The number of esters is 1. The third-order valence-corrected chi connectivity index (χ3v) is 5.54. The van der Waals surface area contributed by atoms with Crippen molar-refractivity contribution in [2.45, 2.75) is 33.0 Å². The Morgan fingerprint density at radius 1 is 1.23 bits per heavy atom. The second-order valence-electron chi connectivity index (χ2n) is 7.54. The molecular formula is C21H26F2N4O3. The van der Waals surface area contributed by atoms with E-state index in [9.17, 15) is 13.6 Å². The van der Waals surface area contributed by atoms with Gasteiger partial charge >= 0.3 is 5.97 Å². The van der Waals surface area contributed by atoms with Crippen LogP contribution in [-0.2, 0) is 24.4 Å². The van der Waals surface area contributed by atoms with Crippen molar-refractivity contribution in [3.8, 4) is 5.75 Å². The minimum Gasteiger partial charge on any atom is -0.493 e. The number of ether oxygens (including phenoxy) is 2. The SMILES string of the molecule is CCOC(=O)c1cnn(CN2CCN(Cc3ccc4c(c3)CCO4)CC2)c1C(F)F. The Bertz CT molecular complexity index is 894. The van der Waals surface area contributed by atoms with E-state index in [-0.39, 0.29) is 24.5 Å². The van der Waals surface area contributed by atoms with Gasteiger partial charge in [0.1, 0.15) is 17.0 Å². The lowest BCUT2D eigenvalue weighted by Gasteiger charge is -2.34. The number of hydrogen-bond donors (Lipinski definition) is 0. The summed E-state index contributed by atoms with van der Waals surface area (Å²) in [4.78, 5) is 16.4. The fourth-order valence-electron chi connectivity index (χ4n) is 3.98. The number of carbonyl (C=O) groups is 1. The van der Waals surface area contributed by atoms with Crippen LogP contribution in [0.2, 0.25) is 0 Å². The third-order valence-electron chi connectivity index (χ3n) is 5.54. The average Bonchev–Trinajstić information content (AvgIpc) is 3.36. The molecule has 0 saturated carbocycles. The van der Waals surface area contributed by atoms with Gasteiger partial charge in [-0.3, -0.25) is 9.80 Å². The Kier molecular flexibility index (Phi) is 6.29.